The monoisotopic (exact) mass is 386 g/mol. The molecule has 0 atom stereocenters. The smallest absolute Gasteiger partial charge is 0.359 e. The molecule has 3 aromatic rings. The zero-order valence-electron chi connectivity index (χ0n) is 13.9. The van der Waals surface area contributed by atoms with Crippen LogP contribution in [0.5, 0.6) is 5.75 Å². The van der Waals surface area contributed by atoms with E-state index in [1.165, 1.54) is 11.9 Å². The maximum absolute atomic E-state index is 12.4. The molecule has 4 rings (SSSR count). The molecule has 2 heterocycles. The maximum atomic E-state index is 12.4. The Morgan fingerprint density at radius 2 is 2.04 bits per heavy atom. The summed E-state index contributed by atoms with van der Waals surface area (Å²) < 4.78 is 12.7. The number of nitrogens with zero attached hydrogens (tertiary/aromatic N) is 2. The van der Waals surface area contributed by atoms with Gasteiger partial charge in [0.25, 0.3) is 0 Å². The van der Waals surface area contributed by atoms with E-state index in [0.717, 1.165) is 27.5 Å². The number of carbonyl (C=O) groups is 1. The molecule has 7 heteroatoms. The Morgan fingerprint density at radius 3 is 2.85 bits per heavy atom. The van der Waals surface area contributed by atoms with Crippen LogP contribution in [0.1, 0.15) is 23.0 Å². The topological polar surface area (TPSA) is 53.3 Å². The van der Waals surface area contributed by atoms with Crippen molar-refractivity contribution in [1.82, 2.24) is 9.19 Å². The molecule has 0 amide bonds. The number of esters is 1. The zero-order chi connectivity index (χ0) is 18.1. The molecule has 1 aliphatic rings. The largest absolute Gasteiger partial charge is 0.488 e. The highest BCUT2D eigenvalue weighted by Crippen LogP contribution is 2.42. The molecule has 1 aromatic heterocycles. The van der Waals surface area contributed by atoms with Crippen molar-refractivity contribution in [2.24, 2.45) is 0 Å². The predicted molar refractivity (Wildman–Crippen MR) is 101 cm³/mol. The van der Waals surface area contributed by atoms with Gasteiger partial charge >= 0.3 is 5.97 Å². The summed E-state index contributed by atoms with van der Waals surface area (Å²) in [6, 6.07) is 15.2. The fourth-order valence-corrected chi connectivity index (χ4v) is 3.95. The normalized spacial score (nSPS) is 12.1. The van der Waals surface area contributed by atoms with Gasteiger partial charge in [0.2, 0.25) is 0 Å². The van der Waals surface area contributed by atoms with E-state index >= 15 is 0 Å². The number of para-hydroxylation sites is 1. The second-order valence-corrected chi connectivity index (χ2v) is 6.95. The Bertz CT molecular complexity index is 987. The second-order valence-electron chi connectivity index (χ2n) is 5.58. The number of carbonyl (C=O) groups excluding carboxylic acids is 1. The molecule has 1 aliphatic heterocycles. The van der Waals surface area contributed by atoms with Crippen molar-refractivity contribution in [3.8, 4) is 17.0 Å². The summed E-state index contributed by atoms with van der Waals surface area (Å²) in [4.78, 5) is 13.2. The van der Waals surface area contributed by atoms with Crippen LogP contribution in [-0.4, -0.2) is 21.8 Å². The highest BCUT2D eigenvalue weighted by Gasteiger charge is 2.30. The minimum Gasteiger partial charge on any atom is -0.488 e. The summed E-state index contributed by atoms with van der Waals surface area (Å²) >= 11 is 7.66. The lowest BCUT2D eigenvalue weighted by Gasteiger charge is -2.19. The molecule has 0 saturated heterocycles. The molecule has 0 spiro atoms. The number of halogens is 1. The Balaban J connectivity index is 1.86. The first-order valence-electron chi connectivity index (χ1n) is 8.13. The molecular weight excluding hydrogens is 372 g/mol. The maximum Gasteiger partial charge on any atom is 0.359 e. The van der Waals surface area contributed by atoms with Crippen molar-refractivity contribution in [2.45, 2.75) is 18.4 Å². The van der Waals surface area contributed by atoms with Crippen molar-refractivity contribution < 1.29 is 14.3 Å². The summed E-state index contributed by atoms with van der Waals surface area (Å²) in [5, 5.41) is 5.14. The fourth-order valence-electron chi connectivity index (χ4n) is 2.81. The van der Waals surface area contributed by atoms with Crippen LogP contribution in [0, 0.1) is 0 Å². The summed E-state index contributed by atoms with van der Waals surface area (Å²) in [5.74, 6) is 0.307. The summed E-state index contributed by atoms with van der Waals surface area (Å²) in [7, 11) is 0. The van der Waals surface area contributed by atoms with Gasteiger partial charge in [-0.2, -0.15) is 9.19 Å². The number of hydrogen-bond donors (Lipinski definition) is 0. The number of fused-ring (bicyclic) bond motifs is 3. The van der Waals surface area contributed by atoms with Gasteiger partial charge in [-0.15, -0.1) is 0 Å². The molecule has 0 aliphatic carbocycles. The first-order valence-corrected chi connectivity index (χ1v) is 9.28. The number of hydrogen-bond acceptors (Lipinski definition) is 5. The van der Waals surface area contributed by atoms with E-state index in [0.29, 0.717) is 5.02 Å². The van der Waals surface area contributed by atoms with Crippen molar-refractivity contribution in [2.75, 3.05) is 6.61 Å². The minimum atomic E-state index is -0.453. The summed E-state index contributed by atoms with van der Waals surface area (Å²) in [6.45, 7) is 2.32. The Kier molecular flexibility index (Phi) is 4.61. The molecule has 0 N–H and O–H groups in total. The lowest BCUT2D eigenvalue weighted by Crippen LogP contribution is -2.11. The standard InChI is InChI=1S/C19H15ClN2O3S/c1-2-24-19(23)17-13-11-25-15-9-5-3-7-12(15)18(13)22(21-17)26-16-10-6-4-8-14(16)20/h3-10H,2,11H2,1H3. The quantitative estimate of drug-likeness (QED) is 0.601. The van der Waals surface area contributed by atoms with Crippen molar-refractivity contribution >= 4 is 29.5 Å². The first-order chi connectivity index (χ1) is 12.7. The number of benzene rings is 2. The van der Waals surface area contributed by atoms with Crippen LogP contribution in [0.25, 0.3) is 11.3 Å². The van der Waals surface area contributed by atoms with Gasteiger partial charge in [0, 0.05) is 22.4 Å². The van der Waals surface area contributed by atoms with E-state index in [1.54, 1.807) is 11.0 Å². The highest BCUT2D eigenvalue weighted by atomic mass is 35.5. The lowest BCUT2D eigenvalue weighted by molar-refractivity contribution is 0.0516. The molecule has 26 heavy (non-hydrogen) atoms. The van der Waals surface area contributed by atoms with Crippen LogP contribution >= 0.6 is 23.5 Å². The van der Waals surface area contributed by atoms with Gasteiger partial charge in [-0.3, -0.25) is 0 Å². The number of ether oxygens (including phenoxy) is 2. The Labute approximate surface area is 160 Å². The van der Waals surface area contributed by atoms with Gasteiger partial charge in [-0.25, -0.2) is 4.79 Å². The van der Waals surface area contributed by atoms with Gasteiger partial charge in [0.05, 0.1) is 22.9 Å². The van der Waals surface area contributed by atoms with E-state index in [4.69, 9.17) is 21.1 Å². The SMILES string of the molecule is CCOC(=O)c1nn(Sc2ccccc2Cl)c2c1COc1ccccc1-2. The Morgan fingerprint density at radius 1 is 1.27 bits per heavy atom. The Hall–Kier alpha value is -2.44. The third-order valence-electron chi connectivity index (χ3n) is 3.96. The molecule has 2 aromatic carbocycles. The predicted octanol–water partition coefficient (Wildman–Crippen LogP) is 4.83. The van der Waals surface area contributed by atoms with Crippen LogP contribution < -0.4 is 4.74 Å². The molecule has 132 valence electrons. The highest BCUT2D eigenvalue weighted by molar-refractivity contribution is 7.98. The first kappa shape index (κ1) is 17.0. The van der Waals surface area contributed by atoms with Gasteiger partial charge in [0.1, 0.15) is 12.4 Å². The lowest BCUT2D eigenvalue weighted by atomic mass is 10.0. The van der Waals surface area contributed by atoms with E-state index in [-0.39, 0.29) is 18.9 Å². The van der Waals surface area contributed by atoms with Gasteiger partial charge < -0.3 is 9.47 Å². The van der Waals surface area contributed by atoms with E-state index in [1.807, 2.05) is 48.5 Å². The molecule has 0 unspecified atom stereocenters. The minimum absolute atomic E-state index is 0.267. The molecule has 0 saturated carbocycles. The van der Waals surface area contributed by atoms with Crippen LogP contribution in [0.2, 0.25) is 5.02 Å². The van der Waals surface area contributed by atoms with E-state index in [9.17, 15) is 4.79 Å². The molecule has 0 fully saturated rings. The number of aromatic nitrogens is 2. The van der Waals surface area contributed by atoms with Crippen LogP contribution in [-0.2, 0) is 11.3 Å². The zero-order valence-corrected chi connectivity index (χ0v) is 15.5. The van der Waals surface area contributed by atoms with E-state index < -0.39 is 5.97 Å². The summed E-state index contributed by atoms with van der Waals surface area (Å²) in [5.41, 5.74) is 2.72. The average Bonchev–Trinajstić information content (AvgIpc) is 3.03. The summed E-state index contributed by atoms with van der Waals surface area (Å²) in [6.07, 6.45) is 0. The van der Waals surface area contributed by atoms with Gasteiger partial charge in [-0.05, 0) is 31.2 Å². The van der Waals surface area contributed by atoms with Crippen molar-refractivity contribution in [3.63, 3.8) is 0 Å². The van der Waals surface area contributed by atoms with Crippen LogP contribution in [0.3, 0.4) is 0 Å². The molecule has 0 bridgehead atoms. The molecule has 0 radical (unpaired) electrons. The van der Waals surface area contributed by atoms with Crippen molar-refractivity contribution in [3.05, 3.63) is 64.8 Å². The van der Waals surface area contributed by atoms with E-state index in [2.05, 4.69) is 5.10 Å². The third-order valence-corrected chi connectivity index (χ3v) is 5.39. The van der Waals surface area contributed by atoms with Crippen LogP contribution in [0.15, 0.2) is 53.4 Å². The average molecular weight is 387 g/mol. The van der Waals surface area contributed by atoms with Gasteiger partial charge in [0.15, 0.2) is 5.69 Å². The third kappa shape index (κ3) is 2.95. The number of rotatable bonds is 4. The van der Waals surface area contributed by atoms with Crippen LogP contribution in [0.4, 0.5) is 0 Å². The van der Waals surface area contributed by atoms with Crippen molar-refractivity contribution in [1.29, 1.82) is 0 Å². The second kappa shape index (κ2) is 7.05. The molecular formula is C19H15ClN2O3S. The molecule has 5 nitrogen and oxygen atoms in total. The fraction of sp³-hybridized carbons (Fsp3) is 0.158. The van der Waals surface area contributed by atoms with Gasteiger partial charge in [-0.1, -0.05) is 35.9 Å².